The van der Waals surface area contributed by atoms with E-state index in [1.165, 1.54) is 12.1 Å². The third-order valence-electron chi connectivity index (χ3n) is 6.10. The van der Waals surface area contributed by atoms with Crippen LogP contribution in [0.15, 0.2) is 65.6 Å². The molecule has 1 aromatic heterocycles. The van der Waals surface area contributed by atoms with Crippen LogP contribution in [0.4, 0.5) is 0 Å². The van der Waals surface area contributed by atoms with Crippen molar-refractivity contribution >= 4 is 26.8 Å². The van der Waals surface area contributed by atoms with E-state index in [4.69, 9.17) is 4.74 Å². The SMILES string of the molecule is CCS(=O)(=O)c1ccc(C(=O)N2CCOc3ccc(-c4ccc5nc(C)[nH]c5c4)cc3C2)cc1. The first-order valence-corrected chi connectivity index (χ1v) is 12.8. The minimum atomic E-state index is -3.31. The number of rotatable bonds is 4. The molecule has 174 valence electrons. The lowest BCUT2D eigenvalue weighted by molar-refractivity contribution is 0.0733. The molecule has 0 spiro atoms. The van der Waals surface area contributed by atoms with E-state index >= 15 is 0 Å². The molecule has 0 radical (unpaired) electrons. The lowest BCUT2D eigenvalue weighted by Gasteiger charge is -2.20. The fourth-order valence-corrected chi connectivity index (χ4v) is 5.10. The van der Waals surface area contributed by atoms with Crippen molar-refractivity contribution in [1.29, 1.82) is 0 Å². The molecule has 4 aromatic rings. The van der Waals surface area contributed by atoms with Crippen LogP contribution in [0.1, 0.15) is 28.7 Å². The Balaban J connectivity index is 1.41. The van der Waals surface area contributed by atoms with E-state index < -0.39 is 9.84 Å². The number of nitrogens with one attached hydrogen (secondary N) is 1. The van der Waals surface area contributed by atoms with Gasteiger partial charge in [0.15, 0.2) is 9.84 Å². The molecule has 1 N–H and O–H groups in total. The summed E-state index contributed by atoms with van der Waals surface area (Å²) >= 11 is 0. The molecule has 1 aliphatic rings. The number of fused-ring (bicyclic) bond motifs is 2. The van der Waals surface area contributed by atoms with E-state index in [1.807, 2.05) is 31.2 Å². The largest absolute Gasteiger partial charge is 0.491 e. The summed E-state index contributed by atoms with van der Waals surface area (Å²) in [6, 6.07) is 18.3. The van der Waals surface area contributed by atoms with Crippen LogP contribution in [0.25, 0.3) is 22.2 Å². The molecule has 34 heavy (non-hydrogen) atoms. The Kier molecular flexibility index (Phi) is 5.61. The number of hydrogen-bond acceptors (Lipinski definition) is 5. The van der Waals surface area contributed by atoms with Crippen LogP contribution in [-0.2, 0) is 16.4 Å². The standard InChI is InChI=1S/C26H25N3O4S/c1-3-34(31,32)22-8-4-18(5-9-22)26(30)29-12-13-33-25-11-7-19(14-21(25)16-29)20-6-10-23-24(15-20)28-17(2)27-23/h4-11,14-15H,3,12-13,16H2,1-2H3,(H,27,28). The van der Waals surface area contributed by atoms with Crippen molar-refractivity contribution in [3.8, 4) is 16.9 Å². The summed E-state index contributed by atoms with van der Waals surface area (Å²) in [5.41, 5.74) is 5.36. The number of ether oxygens (including phenoxy) is 1. The number of imidazole rings is 1. The maximum Gasteiger partial charge on any atom is 0.254 e. The molecule has 8 heteroatoms. The fraction of sp³-hybridized carbons (Fsp3) is 0.231. The predicted octanol–water partition coefficient (Wildman–Crippen LogP) is 4.37. The summed E-state index contributed by atoms with van der Waals surface area (Å²) in [6.07, 6.45) is 0. The molecule has 1 aliphatic heterocycles. The number of sulfone groups is 1. The molecular weight excluding hydrogens is 450 g/mol. The third kappa shape index (κ3) is 4.17. The van der Waals surface area contributed by atoms with Gasteiger partial charge in [0.05, 0.1) is 28.2 Å². The smallest absolute Gasteiger partial charge is 0.254 e. The molecule has 7 nitrogen and oxygen atoms in total. The van der Waals surface area contributed by atoms with E-state index in [1.54, 1.807) is 24.0 Å². The zero-order valence-corrected chi connectivity index (χ0v) is 19.9. The minimum Gasteiger partial charge on any atom is -0.491 e. The fourth-order valence-electron chi connectivity index (χ4n) is 4.22. The van der Waals surface area contributed by atoms with Crippen molar-refractivity contribution < 1.29 is 17.9 Å². The maximum absolute atomic E-state index is 13.2. The van der Waals surface area contributed by atoms with Crippen molar-refractivity contribution in [2.24, 2.45) is 0 Å². The first-order valence-electron chi connectivity index (χ1n) is 11.2. The van der Waals surface area contributed by atoms with Gasteiger partial charge in [0.2, 0.25) is 0 Å². The number of H-pyrrole nitrogens is 1. The monoisotopic (exact) mass is 475 g/mol. The van der Waals surface area contributed by atoms with Gasteiger partial charge >= 0.3 is 0 Å². The van der Waals surface area contributed by atoms with E-state index in [0.29, 0.717) is 25.3 Å². The molecule has 0 fully saturated rings. The first-order chi connectivity index (χ1) is 16.3. The van der Waals surface area contributed by atoms with Crippen molar-refractivity contribution in [2.75, 3.05) is 18.9 Å². The number of hydrogen-bond donors (Lipinski definition) is 1. The Morgan fingerprint density at radius 1 is 1.06 bits per heavy atom. The summed E-state index contributed by atoms with van der Waals surface area (Å²) < 4.78 is 30.1. The average molecular weight is 476 g/mol. The number of amides is 1. The van der Waals surface area contributed by atoms with Gasteiger partial charge in [-0.15, -0.1) is 0 Å². The van der Waals surface area contributed by atoms with E-state index in [0.717, 1.165) is 39.3 Å². The van der Waals surface area contributed by atoms with Crippen LogP contribution in [0.2, 0.25) is 0 Å². The van der Waals surface area contributed by atoms with Gasteiger partial charge in [0.25, 0.3) is 5.91 Å². The highest BCUT2D eigenvalue weighted by atomic mass is 32.2. The van der Waals surface area contributed by atoms with Crippen molar-refractivity contribution in [3.05, 3.63) is 77.6 Å². The highest BCUT2D eigenvalue weighted by molar-refractivity contribution is 7.91. The molecule has 0 bridgehead atoms. The normalized spacial score (nSPS) is 13.9. The van der Waals surface area contributed by atoms with Crippen LogP contribution in [0.5, 0.6) is 5.75 Å². The van der Waals surface area contributed by atoms with Crippen molar-refractivity contribution in [3.63, 3.8) is 0 Å². The van der Waals surface area contributed by atoms with Crippen molar-refractivity contribution in [1.82, 2.24) is 14.9 Å². The van der Waals surface area contributed by atoms with Crippen LogP contribution in [0, 0.1) is 6.92 Å². The second-order valence-electron chi connectivity index (χ2n) is 8.38. The molecule has 0 atom stereocenters. The van der Waals surface area contributed by atoms with E-state index in [9.17, 15) is 13.2 Å². The van der Waals surface area contributed by atoms with Gasteiger partial charge in [0, 0.05) is 17.7 Å². The third-order valence-corrected chi connectivity index (χ3v) is 7.85. The van der Waals surface area contributed by atoms with E-state index in [2.05, 4.69) is 22.1 Å². The summed E-state index contributed by atoms with van der Waals surface area (Å²) in [7, 11) is -3.31. The molecule has 1 amide bonds. The van der Waals surface area contributed by atoms with E-state index in [-0.39, 0.29) is 16.6 Å². The molecule has 0 saturated carbocycles. The van der Waals surface area contributed by atoms with Crippen LogP contribution in [-0.4, -0.2) is 48.1 Å². The maximum atomic E-state index is 13.2. The lowest BCUT2D eigenvalue weighted by Crippen LogP contribution is -2.32. The van der Waals surface area contributed by atoms with Gasteiger partial charge in [-0.05, 0) is 66.6 Å². The second kappa shape index (κ2) is 8.61. The molecule has 2 heterocycles. The van der Waals surface area contributed by atoms with Gasteiger partial charge in [0.1, 0.15) is 18.2 Å². The van der Waals surface area contributed by atoms with Gasteiger partial charge in [-0.1, -0.05) is 19.1 Å². The predicted molar refractivity (Wildman–Crippen MR) is 131 cm³/mol. The van der Waals surface area contributed by atoms with Gasteiger partial charge in [-0.25, -0.2) is 13.4 Å². The Bertz CT molecular complexity index is 1490. The number of carbonyl (C=O) groups excluding carboxylic acids is 1. The minimum absolute atomic E-state index is 0.0236. The number of carbonyl (C=O) groups is 1. The molecule has 0 unspecified atom stereocenters. The topological polar surface area (TPSA) is 92.4 Å². The number of aromatic amines is 1. The molecule has 0 aliphatic carbocycles. The van der Waals surface area contributed by atoms with Crippen LogP contribution < -0.4 is 4.74 Å². The number of nitrogens with zero attached hydrogens (tertiary/aromatic N) is 2. The zero-order chi connectivity index (χ0) is 23.9. The quantitative estimate of drug-likeness (QED) is 0.473. The molecular formula is C26H25N3O4S. The molecule has 0 saturated heterocycles. The second-order valence-corrected chi connectivity index (χ2v) is 10.7. The average Bonchev–Trinajstić information content (AvgIpc) is 3.09. The Morgan fingerprint density at radius 3 is 2.56 bits per heavy atom. The first kappa shape index (κ1) is 22.2. The van der Waals surface area contributed by atoms with Gasteiger partial charge in [-0.3, -0.25) is 4.79 Å². The number of aromatic nitrogens is 2. The van der Waals surface area contributed by atoms with Gasteiger partial charge in [-0.2, -0.15) is 0 Å². The Morgan fingerprint density at radius 2 is 1.79 bits per heavy atom. The van der Waals surface area contributed by atoms with Gasteiger partial charge < -0.3 is 14.6 Å². The highest BCUT2D eigenvalue weighted by Crippen LogP contribution is 2.31. The Labute approximate surface area is 198 Å². The summed E-state index contributed by atoms with van der Waals surface area (Å²) in [5, 5.41) is 0. The van der Waals surface area contributed by atoms with Crippen LogP contribution >= 0.6 is 0 Å². The molecule has 5 rings (SSSR count). The summed E-state index contributed by atoms with van der Waals surface area (Å²) in [4.78, 5) is 22.9. The Hall–Kier alpha value is -3.65. The summed E-state index contributed by atoms with van der Waals surface area (Å²) in [5.74, 6) is 1.51. The number of benzene rings is 3. The van der Waals surface area contributed by atoms with Crippen molar-refractivity contribution in [2.45, 2.75) is 25.3 Å². The zero-order valence-electron chi connectivity index (χ0n) is 19.0. The summed E-state index contributed by atoms with van der Waals surface area (Å²) in [6.45, 7) is 4.77. The molecule has 3 aromatic carbocycles. The van der Waals surface area contributed by atoms with Crippen LogP contribution in [0.3, 0.4) is 0 Å². The lowest BCUT2D eigenvalue weighted by atomic mass is 10.0. The highest BCUT2D eigenvalue weighted by Gasteiger charge is 2.22. The number of aryl methyl sites for hydroxylation is 1.